The van der Waals surface area contributed by atoms with E-state index in [-0.39, 0.29) is 49.6 Å². The van der Waals surface area contributed by atoms with Crippen LogP contribution >= 0.6 is 0 Å². The largest absolute Gasteiger partial charge is 0.438 e. The van der Waals surface area contributed by atoms with Gasteiger partial charge in [-0.3, -0.25) is 0 Å². The van der Waals surface area contributed by atoms with Gasteiger partial charge < -0.3 is 57.7 Å². The van der Waals surface area contributed by atoms with Crippen molar-refractivity contribution < 1.29 is 65.2 Å². The lowest BCUT2D eigenvalue weighted by Crippen LogP contribution is -2.51. The predicted octanol–water partition coefficient (Wildman–Crippen LogP) is 9.29. The summed E-state index contributed by atoms with van der Waals surface area (Å²) in [6.07, 6.45) is -2.43. The average Bonchev–Trinajstić information content (AvgIpc) is 3.41. The van der Waals surface area contributed by atoms with Crippen molar-refractivity contribution in [3.05, 3.63) is 191 Å². The minimum Gasteiger partial charge on any atom is -0.438 e. The Balaban J connectivity index is 0.000000234. The zero-order valence-electron chi connectivity index (χ0n) is 42.0. The van der Waals surface area contributed by atoms with Gasteiger partial charge in [0.1, 0.15) is 46.1 Å². The molecule has 2 unspecified atom stereocenters. The molecule has 408 valence electrons. The molecule has 2 fully saturated rings. The summed E-state index contributed by atoms with van der Waals surface area (Å²) in [5, 5.41) is 23.1. The molecule has 6 aromatic rings. The van der Waals surface area contributed by atoms with Gasteiger partial charge in [0, 0.05) is 75.1 Å². The standard InChI is InChI=1S/C28H28F3N3O4.C27H27F3N2O3.CH4N2O/c1-17(18-2-4-19(5-3-18)24-11-10-22(30)14-25(24)31)34-13-12-28(38-27(34)37,15-23(35)16-33-26(32)36)20-6-8-21(29)9-7-20;1-17(18-2-4-19(5-3-18)24-11-10-22(29)14-25(24)30)32-13-12-27(35-26(32)34,15-23(33)16-31)20-6-8-21(28)9-7-20;2-1(3)4/h2-11,14,17,23,35H,12-13,15-16H2,1H3,(H3,32,33,36);2-11,14,17,23,33H,12-13,15-16,31H2,1H3;(H4,2,3,4)/t17-,23?,28-;17-,23?,27-;/m00./s1. The molecule has 2 saturated heterocycles. The summed E-state index contributed by atoms with van der Waals surface area (Å²) in [6.45, 7) is 4.14. The number of nitrogens with two attached hydrogens (primary N) is 4. The Hall–Kier alpha value is -8.14. The highest BCUT2D eigenvalue weighted by atomic mass is 19.2. The van der Waals surface area contributed by atoms with Crippen molar-refractivity contribution in [3.8, 4) is 22.3 Å². The van der Waals surface area contributed by atoms with Crippen LogP contribution in [0.4, 0.5) is 45.5 Å². The van der Waals surface area contributed by atoms with E-state index in [1.165, 1.54) is 65.6 Å². The number of hydrogen-bond donors (Lipinski definition) is 7. The van der Waals surface area contributed by atoms with Gasteiger partial charge in [0.15, 0.2) is 0 Å². The Bertz CT molecular complexity index is 2990. The molecule has 6 aromatic carbocycles. The molecular formula is C56H59F6N7O8. The molecule has 0 radical (unpaired) electrons. The number of rotatable bonds is 15. The molecule has 21 heteroatoms. The number of halogens is 6. The summed E-state index contributed by atoms with van der Waals surface area (Å²) in [6, 6.07) is 29.6. The number of ether oxygens (including phenoxy) is 2. The number of nitrogens with zero attached hydrogens (tertiary/aromatic N) is 2. The summed E-state index contributed by atoms with van der Waals surface area (Å²) in [4.78, 5) is 49.5. The lowest BCUT2D eigenvalue weighted by Gasteiger charge is -2.44. The maximum absolute atomic E-state index is 14.2. The zero-order valence-corrected chi connectivity index (χ0v) is 42.0. The fourth-order valence-corrected chi connectivity index (χ4v) is 9.30. The van der Waals surface area contributed by atoms with Crippen LogP contribution in [0.15, 0.2) is 133 Å². The van der Waals surface area contributed by atoms with Crippen molar-refractivity contribution >= 4 is 24.2 Å². The van der Waals surface area contributed by atoms with E-state index in [1.807, 2.05) is 13.8 Å². The van der Waals surface area contributed by atoms with Crippen LogP contribution in [0.25, 0.3) is 22.3 Å². The van der Waals surface area contributed by atoms with Crippen molar-refractivity contribution in [2.45, 2.75) is 75.0 Å². The van der Waals surface area contributed by atoms with Gasteiger partial charge in [-0.1, -0.05) is 72.8 Å². The van der Waals surface area contributed by atoms with Gasteiger partial charge in [-0.2, -0.15) is 0 Å². The van der Waals surface area contributed by atoms with Crippen LogP contribution in [-0.2, 0) is 20.7 Å². The van der Waals surface area contributed by atoms with Crippen molar-refractivity contribution in [2.75, 3.05) is 26.2 Å². The molecule has 6 atom stereocenters. The number of aliphatic hydroxyl groups is 2. The second kappa shape index (κ2) is 25.6. The molecule has 0 bridgehead atoms. The maximum atomic E-state index is 14.2. The Morgan fingerprint density at radius 1 is 0.571 bits per heavy atom. The third kappa shape index (κ3) is 14.8. The number of nitrogens with one attached hydrogen (secondary N) is 1. The van der Waals surface area contributed by atoms with E-state index in [1.54, 1.807) is 65.6 Å². The van der Waals surface area contributed by atoms with Gasteiger partial charge in [-0.05, 0) is 95.8 Å². The van der Waals surface area contributed by atoms with Crippen molar-refractivity contribution in [3.63, 3.8) is 0 Å². The van der Waals surface area contributed by atoms with Crippen molar-refractivity contribution in [2.24, 2.45) is 22.9 Å². The average molecular weight is 1070 g/mol. The Labute approximate surface area is 440 Å². The van der Waals surface area contributed by atoms with Gasteiger partial charge in [0.25, 0.3) is 0 Å². The maximum Gasteiger partial charge on any atom is 0.411 e. The molecule has 11 N–H and O–H groups in total. The zero-order chi connectivity index (χ0) is 56.2. The molecule has 15 nitrogen and oxygen atoms in total. The van der Waals surface area contributed by atoms with E-state index in [0.717, 1.165) is 23.3 Å². The lowest BCUT2D eigenvalue weighted by molar-refractivity contribution is -0.0836. The molecule has 77 heavy (non-hydrogen) atoms. The number of amides is 6. The van der Waals surface area contributed by atoms with Crippen LogP contribution in [0.5, 0.6) is 0 Å². The normalized spacial score (nSPS) is 18.7. The molecule has 2 heterocycles. The molecule has 0 aliphatic carbocycles. The highest BCUT2D eigenvalue weighted by Gasteiger charge is 2.46. The molecule has 0 aromatic heterocycles. The molecule has 2 aliphatic rings. The molecule has 0 saturated carbocycles. The van der Waals surface area contributed by atoms with Gasteiger partial charge in [0.2, 0.25) is 0 Å². The summed E-state index contributed by atoms with van der Waals surface area (Å²) in [5.74, 6) is -3.49. The molecule has 2 aliphatic heterocycles. The Kier molecular flexibility index (Phi) is 19.3. The van der Waals surface area contributed by atoms with Crippen LogP contribution in [0.3, 0.4) is 0 Å². The second-order valence-electron chi connectivity index (χ2n) is 18.6. The number of carbonyl (C=O) groups excluding carboxylic acids is 4. The van der Waals surface area contributed by atoms with Gasteiger partial charge in [-0.15, -0.1) is 0 Å². The minimum atomic E-state index is -1.25. The first kappa shape index (κ1) is 58.1. The monoisotopic (exact) mass is 1070 g/mol. The summed E-state index contributed by atoms with van der Waals surface area (Å²) in [5.41, 5.74) is 21.2. The Morgan fingerprint density at radius 3 is 1.25 bits per heavy atom. The van der Waals surface area contributed by atoms with E-state index in [4.69, 9.17) is 25.7 Å². The van der Waals surface area contributed by atoms with E-state index in [9.17, 15) is 50.9 Å². The van der Waals surface area contributed by atoms with Gasteiger partial charge >= 0.3 is 24.2 Å². The summed E-state index contributed by atoms with van der Waals surface area (Å²) < 4.78 is 93.7. The van der Waals surface area contributed by atoms with Crippen LogP contribution in [0, 0.1) is 34.9 Å². The van der Waals surface area contributed by atoms with Crippen LogP contribution in [-0.4, -0.2) is 82.6 Å². The van der Waals surface area contributed by atoms with Crippen molar-refractivity contribution in [1.82, 2.24) is 15.1 Å². The first-order valence-electron chi connectivity index (χ1n) is 24.3. The molecule has 0 spiro atoms. The van der Waals surface area contributed by atoms with Gasteiger partial charge in [-0.25, -0.2) is 45.5 Å². The number of carbonyl (C=O) groups is 4. The van der Waals surface area contributed by atoms with E-state index < -0.39 is 88.6 Å². The van der Waals surface area contributed by atoms with E-state index in [2.05, 4.69) is 16.8 Å². The summed E-state index contributed by atoms with van der Waals surface area (Å²) in [7, 11) is 0. The predicted molar refractivity (Wildman–Crippen MR) is 274 cm³/mol. The van der Waals surface area contributed by atoms with Crippen LogP contribution in [0.1, 0.15) is 73.9 Å². The van der Waals surface area contributed by atoms with E-state index >= 15 is 0 Å². The number of primary amides is 3. The van der Waals surface area contributed by atoms with Crippen LogP contribution < -0.4 is 28.3 Å². The molecular weight excluding hydrogens is 1010 g/mol. The number of benzene rings is 6. The van der Waals surface area contributed by atoms with Gasteiger partial charge in [0.05, 0.1) is 24.3 Å². The van der Waals surface area contributed by atoms with E-state index in [0.29, 0.717) is 41.6 Å². The molecule has 6 amide bonds. The third-order valence-corrected chi connectivity index (χ3v) is 13.4. The smallest absolute Gasteiger partial charge is 0.411 e. The topological polar surface area (TPSA) is 250 Å². The first-order valence-corrected chi connectivity index (χ1v) is 24.3. The highest BCUT2D eigenvalue weighted by Crippen LogP contribution is 2.43. The van der Waals surface area contributed by atoms with Crippen molar-refractivity contribution in [1.29, 1.82) is 0 Å². The minimum absolute atomic E-state index is 0.00160. The van der Waals surface area contributed by atoms with Crippen LogP contribution in [0.2, 0.25) is 0 Å². The quantitative estimate of drug-likeness (QED) is 0.0483. The molecule has 8 rings (SSSR count). The number of cyclic esters (lactones) is 2. The fourth-order valence-electron chi connectivity index (χ4n) is 9.30. The Morgan fingerprint density at radius 2 is 0.922 bits per heavy atom. The summed E-state index contributed by atoms with van der Waals surface area (Å²) >= 11 is 0. The third-order valence-electron chi connectivity index (χ3n) is 13.4. The number of aliphatic hydroxyl groups excluding tert-OH is 2. The lowest BCUT2D eigenvalue weighted by atomic mass is 9.83. The highest BCUT2D eigenvalue weighted by molar-refractivity contribution is 5.73. The SMILES string of the molecule is C[C@@H](c1ccc(-c2ccc(F)cc2F)cc1)N1CC[C@](CC(O)CN)(c2ccc(F)cc2)OC1=O.C[C@@H](c1ccc(-c2ccc(F)cc2F)cc1)N1CC[C@](CC(O)CNC(N)=O)(c2ccc(F)cc2)OC1=O.NC(N)=O. The number of hydrogen-bond acceptors (Lipinski definition) is 9. The first-order chi connectivity index (χ1) is 36.5. The number of urea groups is 2. The fraction of sp³-hybridized carbons (Fsp3) is 0.286. The second-order valence-corrected chi connectivity index (χ2v) is 18.6.